The summed E-state index contributed by atoms with van der Waals surface area (Å²) in [4.78, 5) is 14.7. The third-order valence-electron chi connectivity index (χ3n) is 3.55. The molecule has 2 aliphatic heterocycles. The number of rotatable bonds is 4. The number of nitrogens with zero attached hydrogens (tertiary/aromatic N) is 1. The van der Waals surface area contributed by atoms with Crippen molar-refractivity contribution in [1.29, 1.82) is 0 Å². The van der Waals surface area contributed by atoms with Crippen LogP contribution in [0.4, 0.5) is 0 Å². The van der Waals surface area contributed by atoms with E-state index in [-0.39, 0.29) is 19.1 Å². The second kappa shape index (κ2) is 5.43. The van der Waals surface area contributed by atoms with Crippen LogP contribution in [0, 0.1) is 6.57 Å². The highest BCUT2D eigenvalue weighted by molar-refractivity contribution is 5.73. The molecule has 0 aromatic carbocycles. The zero-order chi connectivity index (χ0) is 14.0. The fourth-order valence-corrected chi connectivity index (χ4v) is 2.80. The van der Waals surface area contributed by atoms with Gasteiger partial charge in [-0.25, -0.2) is 6.57 Å². The molecule has 19 heavy (non-hydrogen) atoms. The Balaban J connectivity index is 2.29. The summed E-state index contributed by atoms with van der Waals surface area (Å²) in [7, 11) is 3.08. The van der Waals surface area contributed by atoms with E-state index in [1.807, 2.05) is 0 Å². The lowest BCUT2D eigenvalue weighted by Gasteiger charge is -2.43. The van der Waals surface area contributed by atoms with Crippen molar-refractivity contribution in [2.24, 2.45) is 0 Å². The van der Waals surface area contributed by atoms with Crippen molar-refractivity contribution in [3.63, 3.8) is 0 Å². The highest BCUT2D eigenvalue weighted by Gasteiger charge is 2.62. The van der Waals surface area contributed by atoms with Gasteiger partial charge in [0.25, 0.3) is 0 Å². The van der Waals surface area contributed by atoms with Crippen molar-refractivity contribution in [3.8, 4) is 0 Å². The van der Waals surface area contributed by atoms with Crippen LogP contribution in [0.25, 0.3) is 4.85 Å². The van der Waals surface area contributed by atoms with Crippen molar-refractivity contribution in [3.05, 3.63) is 11.4 Å². The summed E-state index contributed by atoms with van der Waals surface area (Å²) < 4.78 is 22.3. The van der Waals surface area contributed by atoms with Gasteiger partial charge in [0.2, 0.25) is 12.5 Å². The smallest absolute Gasteiger partial charge is 0.248 e. The van der Waals surface area contributed by atoms with E-state index in [9.17, 15) is 4.79 Å². The van der Waals surface area contributed by atoms with Crippen molar-refractivity contribution in [2.75, 3.05) is 27.4 Å². The Labute approximate surface area is 112 Å². The summed E-state index contributed by atoms with van der Waals surface area (Å²) in [5.74, 6) is -0.196. The van der Waals surface area contributed by atoms with Gasteiger partial charge in [-0.1, -0.05) is 0 Å². The Kier molecular flexibility index (Phi) is 4.06. The van der Waals surface area contributed by atoms with E-state index in [1.54, 1.807) is 7.11 Å². The predicted octanol–water partition coefficient (Wildman–Crippen LogP) is -0.434. The molecule has 1 N–H and O–H groups in total. The molecule has 2 fully saturated rings. The number of carbonyl (C=O) groups is 1. The van der Waals surface area contributed by atoms with Crippen molar-refractivity contribution in [2.45, 2.75) is 37.1 Å². The monoisotopic (exact) mass is 270 g/mol. The zero-order valence-electron chi connectivity index (χ0n) is 11.2. The van der Waals surface area contributed by atoms with Gasteiger partial charge >= 0.3 is 0 Å². The van der Waals surface area contributed by atoms with Gasteiger partial charge in [0, 0.05) is 21.1 Å². The first-order valence-corrected chi connectivity index (χ1v) is 6.03. The van der Waals surface area contributed by atoms with E-state index >= 15 is 0 Å². The summed E-state index contributed by atoms with van der Waals surface area (Å²) in [6, 6.07) is -0.450. The fraction of sp³-hybridized carbons (Fsp3) is 0.833. The number of carbonyl (C=O) groups excluding carboxylic acids is 1. The van der Waals surface area contributed by atoms with Gasteiger partial charge in [0.05, 0.1) is 6.61 Å². The molecule has 0 spiro atoms. The highest BCUT2D eigenvalue weighted by Crippen LogP contribution is 2.39. The molecular formula is C12H18N2O5. The van der Waals surface area contributed by atoms with Gasteiger partial charge in [-0.3, -0.25) is 4.79 Å². The van der Waals surface area contributed by atoms with Crippen LogP contribution in [0.3, 0.4) is 0 Å². The van der Waals surface area contributed by atoms with Gasteiger partial charge in [-0.2, -0.15) is 0 Å². The van der Waals surface area contributed by atoms with Crippen LogP contribution in [0.15, 0.2) is 0 Å². The Bertz CT molecular complexity index is 396. The molecule has 0 unspecified atom stereocenters. The van der Waals surface area contributed by atoms with E-state index in [0.29, 0.717) is 0 Å². The summed E-state index contributed by atoms with van der Waals surface area (Å²) in [6.45, 7) is 8.87. The molecule has 0 aromatic heterocycles. The predicted molar refractivity (Wildman–Crippen MR) is 64.2 cm³/mol. The van der Waals surface area contributed by atoms with Crippen molar-refractivity contribution in [1.82, 2.24) is 5.32 Å². The number of hydrogen-bond donors (Lipinski definition) is 1. The minimum atomic E-state index is -0.823. The Hall–Kier alpha value is -1.20. The topological polar surface area (TPSA) is 70.4 Å². The average molecular weight is 270 g/mol. The van der Waals surface area contributed by atoms with E-state index in [1.165, 1.54) is 14.0 Å². The molecule has 2 heterocycles. The van der Waals surface area contributed by atoms with Crippen LogP contribution in [-0.2, 0) is 23.7 Å². The molecule has 2 bridgehead atoms. The van der Waals surface area contributed by atoms with Gasteiger partial charge in [-0.15, -0.1) is 0 Å². The van der Waals surface area contributed by atoms with Gasteiger partial charge in [0.1, 0.15) is 18.2 Å². The Morgan fingerprint density at radius 3 is 2.79 bits per heavy atom. The summed E-state index contributed by atoms with van der Waals surface area (Å²) in [6.07, 6.45) is -1.50. The minimum absolute atomic E-state index is 0.134. The molecule has 0 radical (unpaired) electrons. The van der Waals surface area contributed by atoms with Crippen LogP contribution in [0.2, 0.25) is 0 Å². The molecule has 2 saturated heterocycles. The molecular weight excluding hydrogens is 252 g/mol. The minimum Gasteiger partial charge on any atom is -0.376 e. The first kappa shape index (κ1) is 14.2. The second-order valence-electron chi connectivity index (χ2n) is 4.76. The molecule has 0 aromatic rings. The maximum Gasteiger partial charge on any atom is 0.248 e. The van der Waals surface area contributed by atoms with Crippen LogP contribution in [-0.4, -0.2) is 63.4 Å². The highest BCUT2D eigenvalue weighted by atomic mass is 16.7. The van der Waals surface area contributed by atoms with Crippen molar-refractivity contribution < 1.29 is 23.7 Å². The van der Waals surface area contributed by atoms with E-state index < -0.39 is 30.1 Å². The van der Waals surface area contributed by atoms with E-state index in [2.05, 4.69) is 10.2 Å². The molecule has 7 nitrogen and oxygen atoms in total. The third kappa shape index (κ3) is 2.32. The molecule has 7 heteroatoms. The van der Waals surface area contributed by atoms with E-state index in [4.69, 9.17) is 25.5 Å². The Morgan fingerprint density at radius 2 is 2.26 bits per heavy atom. The normalized spacial score (nSPS) is 40.7. The van der Waals surface area contributed by atoms with Crippen molar-refractivity contribution >= 4 is 5.91 Å². The Morgan fingerprint density at radius 1 is 1.53 bits per heavy atom. The summed E-state index contributed by atoms with van der Waals surface area (Å²) in [5.41, 5.74) is -0.823. The van der Waals surface area contributed by atoms with Crippen LogP contribution < -0.4 is 5.32 Å². The molecule has 0 saturated carbocycles. The molecule has 2 aliphatic rings. The lowest BCUT2D eigenvalue weighted by molar-refractivity contribution is -0.232. The third-order valence-corrected chi connectivity index (χ3v) is 3.55. The maximum absolute atomic E-state index is 11.3. The lowest BCUT2D eigenvalue weighted by Crippen LogP contribution is -2.67. The SMILES string of the molecule is [C-]#[N+]C[C@@]12CO[C@@H](O1)[C@H](NC(C)=O)[C@@H](OC)[C@H]2OC. The largest absolute Gasteiger partial charge is 0.376 e. The van der Waals surface area contributed by atoms with Crippen LogP contribution in [0.5, 0.6) is 0 Å². The molecule has 106 valence electrons. The number of nitrogens with one attached hydrogen (secondary N) is 1. The van der Waals surface area contributed by atoms with Gasteiger partial charge in [0.15, 0.2) is 11.9 Å². The molecule has 5 atom stereocenters. The molecule has 2 rings (SSSR count). The second-order valence-corrected chi connectivity index (χ2v) is 4.76. The average Bonchev–Trinajstić information content (AvgIpc) is 2.74. The number of methoxy groups -OCH3 is 2. The zero-order valence-corrected chi connectivity index (χ0v) is 11.2. The van der Waals surface area contributed by atoms with Crippen LogP contribution >= 0.6 is 0 Å². The van der Waals surface area contributed by atoms with Crippen LogP contribution in [0.1, 0.15) is 6.92 Å². The van der Waals surface area contributed by atoms with E-state index in [0.717, 1.165) is 0 Å². The summed E-state index contributed by atoms with van der Waals surface area (Å²) in [5, 5.41) is 2.76. The number of hydrogen-bond acceptors (Lipinski definition) is 5. The summed E-state index contributed by atoms with van der Waals surface area (Å²) >= 11 is 0. The van der Waals surface area contributed by atoms with Gasteiger partial charge < -0.3 is 29.1 Å². The maximum atomic E-state index is 11.3. The van der Waals surface area contributed by atoms with Gasteiger partial charge in [-0.05, 0) is 0 Å². The molecule has 1 amide bonds. The number of amides is 1. The number of ether oxygens (including phenoxy) is 4. The first-order chi connectivity index (χ1) is 9.07. The standard InChI is InChI=1S/C12H18N2O5/c1-7(15)14-8-9(16-3)10(17-4)12(5-13-2)6-18-11(8)19-12/h8-11H,5-6H2,1,3-4H3,(H,14,15)/t8-,9-,10-,11+,12+/m1/s1. The quantitative estimate of drug-likeness (QED) is 0.702. The fourth-order valence-electron chi connectivity index (χ4n) is 2.80. The molecule has 0 aliphatic carbocycles. The first-order valence-electron chi connectivity index (χ1n) is 6.03. The number of fused-ring (bicyclic) bond motifs is 2. The lowest BCUT2D eigenvalue weighted by atomic mass is 9.87.